The Balaban J connectivity index is 2.03. The van der Waals surface area contributed by atoms with Gasteiger partial charge in [0.05, 0.1) is 11.4 Å². The third kappa shape index (κ3) is 2.30. The van der Waals surface area contributed by atoms with Gasteiger partial charge in [0.15, 0.2) is 0 Å². The first-order chi connectivity index (χ1) is 11.7. The number of fused-ring (bicyclic) bond motifs is 1. The largest absolute Gasteiger partial charge is 0.287 e. The van der Waals surface area contributed by atoms with Crippen molar-refractivity contribution < 1.29 is 9.59 Å². The molecule has 0 amide bonds. The topological polar surface area (TPSA) is 85.7 Å². The van der Waals surface area contributed by atoms with Gasteiger partial charge in [-0.25, -0.2) is 9.97 Å². The van der Waals surface area contributed by atoms with Crippen molar-refractivity contribution in [3.8, 4) is 22.8 Å². The van der Waals surface area contributed by atoms with Crippen molar-refractivity contribution in [3.63, 3.8) is 0 Å². The number of nitrogens with zero attached hydrogens (tertiary/aromatic N) is 4. The first-order valence-corrected chi connectivity index (χ1v) is 7.25. The number of allylic oxidation sites excluding steroid dienone is 2. The lowest BCUT2D eigenvalue weighted by Gasteiger charge is -2.13. The molecule has 4 rings (SSSR count). The molecule has 0 N–H and O–H groups in total. The fourth-order valence-electron chi connectivity index (χ4n) is 2.45. The molecule has 0 spiro atoms. The SMILES string of the molecule is O=C1C=CC(=O)c2nc(-c3ccccn3)c(-c3ccccn3)nc21. The number of rotatable bonds is 2. The van der Waals surface area contributed by atoms with Crippen LogP contribution in [0.3, 0.4) is 0 Å². The van der Waals surface area contributed by atoms with E-state index in [0.29, 0.717) is 22.8 Å². The van der Waals surface area contributed by atoms with Crippen LogP contribution in [0, 0.1) is 0 Å². The van der Waals surface area contributed by atoms with Gasteiger partial charge < -0.3 is 0 Å². The van der Waals surface area contributed by atoms with Crippen LogP contribution < -0.4 is 0 Å². The Morgan fingerprint density at radius 2 is 1.04 bits per heavy atom. The van der Waals surface area contributed by atoms with Crippen LogP contribution in [-0.4, -0.2) is 31.5 Å². The molecule has 1 aliphatic rings. The second-order valence-electron chi connectivity index (χ2n) is 5.11. The summed E-state index contributed by atoms with van der Waals surface area (Å²) in [6.07, 6.45) is 5.68. The molecule has 0 saturated heterocycles. The van der Waals surface area contributed by atoms with Crippen molar-refractivity contribution in [1.29, 1.82) is 0 Å². The maximum atomic E-state index is 12.1. The highest BCUT2D eigenvalue weighted by atomic mass is 16.1. The lowest BCUT2D eigenvalue weighted by molar-refractivity contribution is 0.0987. The van der Waals surface area contributed by atoms with Gasteiger partial charge in [0, 0.05) is 12.4 Å². The quantitative estimate of drug-likeness (QED) is 0.722. The highest BCUT2D eigenvalue weighted by molar-refractivity contribution is 6.20. The Hall–Kier alpha value is -3.54. The number of hydrogen-bond acceptors (Lipinski definition) is 6. The van der Waals surface area contributed by atoms with Gasteiger partial charge in [-0.15, -0.1) is 0 Å². The average Bonchev–Trinajstić information content (AvgIpc) is 2.65. The second kappa shape index (κ2) is 5.58. The Kier molecular flexibility index (Phi) is 3.28. The molecular formula is C18H10N4O2. The lowest BCUT2D eigenvalue weighted by Crippen LogP contribution is -2.17. The summed E-state index contributed by atoms with van der Waals surface area (Å²) in [7, 11) is 0. The van der Waals surface area contributed by atoms with Gasteiger partial charge in [-0.1, -0.05) is 12.1 Å². The molecule has 24 heavy (non-hydrogen) atoms. The van der Waals surface area contributed by atoms with E-state index in [1.54, 1.807) is 36.7 Å². The smallest absolute Gasteiger partial charge is 0.206 e. The fraction of sp³-hybridized carbons (Fsp3) is 0. The molecule has 0 aromatic carbocycles. The van der Waals surface area contributed by atoms with Crippen LogP contribution in [-0.2, 0) is 0 Å². The van der Waals surface area contributed by atoms with Crippen molar-refractivity contribution in [2.75, 3.05) is 0 Å². The van der Waals surface area contributed by atoms with Gasteiger partial charge in [0.1, 0.15) is 22.8 Å². The van der Waals surface area contributed by atoms with E-state index in [9.17, 15) is 9.59 Å². The summed E-state index contributed by atoms with van der Waals surface area (Å²) >= 11 is 0. The summed E-state index contributed by atoms with van der Waals surface area (Å²) in [4.78, 5) is 41.5. The highest BCUT2D eigenvalue weighted by Gasteiger charge is 2.26. The Labute approximate surface area is 137 Å². The van der Waals surface area contributed by atoms with Crippen LogP contribution in [0.25, 0.3) is 22.8 Å². The van der Waals surface area contributed by atoms with Gasteiger partial charge in [0.2, 0.25) is 11.6 Å². The molecule has 0 bridgehead atoms. The van der Waals surface area contributed by atoms with Gasteiger partial charge in [0.25, 0.3) is 0 Å². The Bertz CT molecular complexity index is 902. The van der Waals surface area contributed by atoms with Crippen molar-refractivity contribution in [3.05, 3.63) is 72.3 Å². The maximum Gasteiger partial charge on any atom is 0.206 e. The third-order valence-electron chi connectivity index (χ3n) is 3.56. The molecule has 3 aromatic rings. The summed E-state index contributed by atoms with van der Waals surface area (Å²) in [5.41, 5.74) is 2.05. The van der Waals surface area contributed by atoms with Crippen LogP contribution in [0.2, 0.25) is 0 Å². The van der Waals surface area contributed by atoms with Gasteiger partial charge >= 0.3 is 0 Å². The van der Waals surface area contributed by atoms with Gasteiger partial charge in [-0.05, 0) is 36.4 Å². The van der Waals surface area contributed by atoms with Crippen molar-refractivity contribution in [2.45, 2.75) is 0 Å². The molecule has 0 atom stereocenters. The van der Waals surface area contributed by atoms with E-state index in [4.69, 9.17) is 0 Å². The summed E-state index contributed by atoms with van der Waals surface area (Å²) in [5.74, 6) is -0.691. The standard InChI is InChI=1S/C18H10N4O2/c23-13-7-8-14(24)18-17(13)21-15(11-5-1-3-9-19-11)16(22-18)12-6-2-4-10-20-12/h1-10H. The van der Waals surface area contributed by atoms with Crippen LogP contribution in [0.15, 0.2) is 60.9 Å². The van der Waals surface area contributed by atoms with Gasteiger partial charge in [-0.2, -0.15) is 0 Å². The summed E-state index contributed by atoms with van der Waals surface area (Å²) in [6, 6.07) is 10.7. The Morgan fingerprint density at radius 1 is 0.583 bits per heavy atom. The minimum atomic E-state index is -0.346. The van der Waals surface area contributed by atoms with Crippen LogP contribution in [0.4, 0.5) is 0 Å². The first-order valence-electron chi connectivity index (χ1n) is 7.25. The number of ketones is 2. The molecule has 6 heteroatoms. The molecule has 1 aliphatic carbocycles. The molecule has 0 radical (unpaired) electrons. The predicted octanol–water partition coefficient (Wildman–Crippen LogP) is 2.54. The summed E-state index contributed by atoms with van der Waals surface area (Å²) < 4.78 is 0. The maximum absolute atomic E-state index is 12.1. The zero-order valence-electron chi connectivity index (χ0n) is 12.4. The van der Waals surface area contributed by atoms with E-state index in [0.717, 1.165) is 0 Å². The van der Waals surface area contributed by atoms with Crippen molar-refractivity contribution in [2.24, 2.45) is 0 Å². The number of aromatic nitrogens is 4. The number of carbonyl (C=O) groups is 2. The molecule has 114 valence electrons. The summed E-state index contributed by atoms with van der Waals surface area (Å²) in [5, 5.41) is 0. The molecule has 0 aliphatic heterocycles. The van der Waals surface area contributed by atoms with Gasteiger partial charge in [-0.3, -0.25) is 19.6 Å². The minimum Gasteiger partial charge on any atom is -0.287 e. The second-order valence-corrected chi connectivity index (χ2v) is 5.11. The average molecular weight is 314 g/mol. The molecular weight excluding hydrogens is 304 g/mol. The first kappa shape index (κ1) is 14.1. The molecule has 3 heterocycles. The van der Waals surface area contributed by atoms with E-state index in [1.165, 1.54) is 12.2 Å². The monoisotopic (exact) mass is 314 g/mol. The zero-order chi connectivity index (χ0) is 16.5. The molecule has 3 aromatic heterocycles. The zero-order valence-corrected chi connectivity index (χ0v) is 12.4. The van der Waals surface area contributed by atoms with Crippen LogP contribution >= 0.6 is 0 Å². The van der Waals surface area contributed by atoms with E-state index < -0.39 is 0 Å². The van der Waals surface area contributed by atoms with Crippen molar-refractivity contribution in [1.82, 2.24) is 19.9 Å². The third-order valence-corrected chi connectivity index (χ3v) is 3.56. The minimum absolute atomic E-state index is 0.0443. The highest BCUT2D eigenvalue weighted by Crippen LogP contribution is 2.28. The van der Waals surface area contributed by atoms with Crippen LogP contribution in [0.5, 0.6) is 0 Å². The Morgan fingerprint density at radius 3 is 1.42 bits per heavy atom. The van der Waals surface area contributed by atoms with Crippen molar-refractivity contribution >= 4 is 11.6 Å². The number of pyridine rings is 2. The van der Waals surface area contributed by atoms with E-state index in [-0.39, 0.29) is 23.0 Å². The van der Waals surface area contributed by atoms with E-state index in [1.807, 2.05) is 12.1 Å². The van der Waals surface area contributed by atoms with E-state index >= 15 is 0 Å². The molecule has 6 nitrogen and oxygen atoms in total. The molecule has 0 unspecified atom stereocenters. The number of hydrogen-bond donors (Lipinski definition) is 0. The summed E-state index contributed by atoms with van der Waals surface area (Å²) in [6.45, 7) is 0. The predicted molar refractivity (Wildman–Crippen MR) is 86.3 cm³/mol. The fourth-order valence-corrected chi connectivity index (χ4v) is 2.45. The molecule has 0 saturated carbocycles. The van der Waals surface area contributed by atoms with Crippen LogP contribution in [0.1, 0.15) is 21.0 Å². The van der Waals surface area contributed by atoms with E-state index in [2.05, 4.69) is 19.9 Å². The normalized spacial score (nSPS) is 13.0. The number of carbonyl (C=O) groups excluding carboxylic acids is 2. The lowest BCUT2D eigenvalue weighted by atomic mass is 10.0. The molecule has 0 fully saturated rings.